The summed E-state index contributed by atoms with van der Waals surface area (Å²) in [7, 11) is 0. The minimum atomic E-state index is -0.0265. The molecule has 29 heavy (non-hydrogen) atoms. The van der Waals surface area contributed by atoms with Crippen molar-refractivity contribution in [2.45, 2.75) is 65.0 Å². The number of fused-ring (bicyclic) bond motifs is 1. The van der Waals surface area contributed by atoms with E-state index in [0.29, 0.717) is 18.2 Å². The first kappa shape index (κ1) is 21.4. The molecule has 6 heteroatoms. The molecule has 0 atom stereocenters. The Bertz CT molecular complexity index is 829. The summed E-state index contributed by atoms with van der Waals surface area (Å²) in [5.74, 6) is 1.35. The topological polar surface area (TPSA) is 86.5 Å². The lowest BCUT2D eigenvalue weighted by Gasteiger charge is -2.30. The van der Waals surface area contributed by atoms with Gasteiger partial charge in [0.2, 0.25) is 5.91 Å². The minimum Gasteiger partial charge on any atom is -0.490 e. The van der Waals surface area contributed by atoms with Crippen molar-refractivity contribution in [2.24, 2.45) is 5.92 Å². The number of nitrogens with one attached hydrogen (secondary N) is 1. The number of rotatable bonds is 8. The molecule has 1 aliphatic carbocycles. The highest BCUT2D eigenvalue weighted by molar-refractivity contribution is 5.95. The number of carbonyl (C=O) groups is 1. The van der Waals surface area contributed by atoms with Crippen molar-refractivity contribution in [3.05, 3.63) is 30.0 Å². The van der Waals surface area contributed by atoms with Crippen molar-refractivity contribution < 1.29 is 14.3 Å². The number of carbonyl (C=O) groups excluding carboxylic acids is 1. The highest BCUT2D eigenvalue weighted by Gasteiger charge is 2.24. The van der Waals surface area contributed by atoms with Gasteiger partial charge in [-0.1, -0.05) is 19.9 Å². The van der Waals surface area contributed by atoms with Crippen LogP contribution in [0.5, 0.6) is 5.75 Å². The van der Waals surface area contributed by atoms with Crippen molar-refractivity contribution in [1.82, 2.24) is 10.3 Å². The van der Waals surface area contributed by atoms with Gasteiger partial charge in [0.15, 0.2) is 0 Å². The first-order chi connectivity index (χ1) is 13.9. The van der Waals surface area contributed by atoms with Crippen LogP contribution in [0, 0.1) is 12.8 Å². The van der Waals surface area contributed by atoms with E-state index < -0.39 is 0 Å². The Morgan fingerprint density at radius 2 is 2.03 bits per heavy atom. The molecule has 2 aromatic rings. The van der Waals surface area contributed by atoms with E-state index in [0.717, 1.165) is 54.5 Å². The first-order valence-corrected chi connectivity index (χ1v) is 10.6. The van der Waals surface area contributed by atoms with E-state index >= 15 is 0 Å². The maximum absolute atomic E-state index is 12.1. The van der Waals surface area contributed by atoms with Crippen LogP contribution in [0.3, 0.4) is 0 Å². The number of anilines is 1. The molecule has 3 rings (SSSR count). The van der Waals surface area contributed by atoms with Crippen LogP contribution < -0.4 is 15.8 Å². The Morgan fingerprint density at radius 3 is 2.76 bits per heavy atom. The van der Waals surface area contributed by atoms with Crippen LogP contribution in [0.4, 0.5) is 5.69 Å². The van der Waals surface area contributed by atoms with Crippen molar-refractivity contribution in [2.75, 3.05) is 18.9 Å². The van der Waals surface area contributed by atoms with E-state index in [2.05, 4.69) is 24.1 Å². The van der Waals surface area contributed by atoms with Gasteiger partial charge in [-0.15, -0.1) is 0 Å². The molecule has 1 saturated carbocycles. The standard InChI is InChI=1S/C23H33N3O3/c1-15(2)11-12-28-14-22(27)26-17-7-9-18(10-8-17)29-21-6-4-5-20-23(21)19(24)13-16(3)25-20/h4-6,13,15,17-18H,7-12,14H2,1-3H3,(H2,24,25)(H,26,27)/t17-,18-. The Labute approximate surface area is 173 Å². The van der Waals surface area contributed by atoms with E-state index in [1.165, 1.54) is 0 Å². The third kappa shape index (κ3) is 6.07. The maximum Gasteiger partial charge on any atom is 0.246 e. The summed E-state index contributed by atoms with van der Waals surface area (Å²) in [5.41, 5.74) is 8.68. The molecule has 0 radical (unpaired) electrons. The predicted molar refractivity (Wildman–Crippen MR) is 116 cm³/mol. The summed E-state index contributed by atoms with van der Waals surface area (Å²) in [6.07, 6.45) is 4.70. The molecule has 1 fully saturated rings. The minimum absolute atomic E-state index is 0.0265. The number of aryl methyl sites for hydroxylation is 1. The fourth-order valence-electron chi connectivity index (χ4n) is 3.78. The van der Waals surface area contributed by atoms with Crippen molar-refractivity contribution in [1.29, 1.82) is 0 Å². The van der Waals surface area contributed by atoms with Crippen LogP contribution in [0.1, 0.15) is 51.6 Å². The molecule has 0 bridgehead atoms. The third-order valence-corrected chi connectivity index (χ3v) is 5.36. The average molecular weight is 400 g/mol. The highest BCUT2D eigenvalue weighted by atomic mass is 16.5. The third-order valence-electron chi connectivity index (χ3n) is 5.36. The molecule has 6 nitrogen and oxygen atoms in total. The molecule has 1 aliphatic rings. The van der Waals surface area contributed by atoms with Gasteiger partial charge in [0.05, 0.1) is 17.0 Å². The van der Waals surface area contributed by atoms with Gasteiger partial charge in [0.1, 0.15) is 12.4 Å². The highest BCUT2D eigenvalue weighted by Crippen LogP contribution is 2.33. The zero-order chi connectivity index (χ0) is 20.8. The van der Waals surface area contributed by atoms with E-state index in [-0.39, 0.29) is 24.7 Å². The van der Waals surface area contributed by atoms with Gasteiger partial charge in [-0.05, 0) is 63.1 Å². The number of pyridine rings is 1. The number of nitrogen functional groups attached to an aromatic ring is 1. The van der Waals surface area contributed by atoms with Crippen LogP contribution in [-0.2, 0) is 9.53 Å². The van der Waals surface area contributed by atoms with Gasteiger partial charge in [0, 0.05) is 24.0 Å². The lowest BCUT2D eigenvalue weighted by Crippen LogP contribution is -2.41. The molecule has 3 N–H and O–H groups in total. The Balaban J connectivity index is 1.48. The van der Waals surface area contributed by atoms with E-state index in [9.17, 15) is 4.79 Å². The SMILES string of the molecule is Cc1cc(N)c2c(O[C@H]3CC[C@H](NC(=O)COCCC(C)C)CC3)cccc2n1. The normalized spacial score (nSPS) is 19.4. The van der Waals surface area contributed by atoms with Gasteiger partial charge < -0.3 is 20.5 Å². The number of ether oxygens (including phenoxy) is 2. The van der Waals surface area contributed by atoms with Crippen LogP contribution >= 0.6 is 0 Å². The Kier molecular flexibility index (Phi) is 7.31. The van der Waals surface area contributed by atoms with E-state index in [4.69, 9.17) is 15.2 Å². The lowest BCUT2D eigenvalue weighted by atomic mass is 9.93. The van der Waals surface area contributed by atoms with Gasteiger partial charge in [-0.2, -0.15) is 0 Å². The molecule has 1 aromatic heterocycles. The van der Waals surface area contributed by atoms with Crippen molar-refractivity contribution >= 4 is 22.5 Å². The Morgan fingerprint density at radius 1 is 1.28 bits per heavy atom. The molecule has 0 spiro atoms. The largest absolute Gasteiger partial charge is 0.490 e. The zero-order valence-electron chi connectivity index (χ0n) is 17.7. The number of hydrogen-bond acceptors (Lipinski definition) is 5. The molecule has 0 saturated heterocycles. The van der Waals surface area contributed by atoms with Crippen molar-refractivity contribution in [3.8, 4) is 5.75 Å². The molecule has 1 amide bonds. The van der Waals surface area contributed by atoms with E-state index in [1.807, 2.05) is 31.2 Å². The van der Waals surface area contributed by atoms with Crippen LogP contribution in [0.25, 0.3) is 10.9 Å². The smallest absolute Gasteiger partial charge is 0.246 e. The predicted octanol–water partition coefficient (Wildman–Crippen LogP) is 3.99. The molecular weight excluding hydrogens is 366 g/mol. The van der Waals surface area contributed by atoms with Crippen LogP contribution in [0.2, 0.25) is 0 Å². The summed E-state index contributed by atoms with van der Waals surface area (Å²) in [4.78, 5) is 16.6. The number of aromatic nitrogens is 1. The van der Waals surface area contributed by atoms with Gasteiger partial charge in [-0.25, -0.2) is 0 Å². The van der Waals surface area contributed by atoms with Crippen LogP contribution in [-0.4, -0.2) is 36.3 Å². The lowest BCUT2D eigenvalue weighted by molar-refractivity contribution is -0.126. The van der Waals surface area contributed by atoms with Gasteiger partial charge >= 0.3 is 0 Å². The summed E-state index contributed by atoms with van der Waals surface area (Å²) < 4.78 is 11.7. The number of amides is 1. The second-order valence-electron chi connectivity index (χ2n) is 8.40. The molecule has 1 aromatic carbocycles. The zero-order valence-corrected chi connectivity index (χ0v) is 17.7. The van der Waals surface area contributed by atoms with Gasteiger partial charge in [0.25, 0.3) is 0 Å². The number of nitrogens with zero attached hydrogens (tertiary/aromatic N) is 1. The molecule has 158 valence electrons. The second kappa shape index (κ2) is 9.92. The Hall–Kier alpha value is -2.34. The fourth-order valence-corrected chi connectivity index (χ4v) is 3.78. The van der Waals surface area contributed by atoms with Crippen LogP contribution in [0.15, 0.2) is 24.3 Å². The monoisotopic (exact) mass is 399 g/mol. The van der Waals surface area contributed by atoms with Gasteiger partial charge in [-0.3, -0.25) is 9.78 Å². The number of hydrogen-bond donors (Lipinski definition) is 2. The van der Waals surface area contributed by atoms with Crippen molar-refractivity contribution in [3.63, 3.8) is 0 Å². The summed E-state index contributed by atoms with van der Waals surface area (Å²) in [6, 6.07) is 7.94. The maximum atomic E-state index is 12.1. The summed E-state index contributed by atoms with van der Waals surface area (Å²) in [6.45, 7) is 7.01. The number of benzene rings is 1. The summed E-state index contributed by atoms with van der Waals surface area (Å²) >= 11 is 0. The molecule has 1 heterocycles. The van der Waals surface area contributed by atoms with E-state index in [1.54, 1.807) is 0 Å². The summed E-state index contributed by atoms with van der Waals surface area (Å²) in [5, 5.41) is 3.97. The average Bonchev–Trinajstić information content (AvgIpc) is 2.66. The second-order valence-corrected chi connectivity index (χ2v) is 8.40. The molecular formula is C23H33N3O3. The molecule has 0 unspecified atom stereocenters. The molecule has 0 aliphatic heterocycles. The quantitative estimate of drug-likeness (QED) is 0.656. The first-order valence-electron chi connectivity index (χ1n) is 10.6. The number of nitrogens with two attached hydrogens (primary N) is 1. The fraction of sp³-hybridized carbons (Fsp3) is 0.565.